The van der Waals surface area contributed by atoms with Crippen molar-refractivity contribution < 1.29 is 9.72 Å². The Morgan fingerprint density at radius 1 is 1.44 bits per heavy atom. The summed E-state index contributed by atoms with van der Waals surface area (Å²) in [5.41, 5.74) is 0.964. The number of nitro benzene ring substituents is 1. The van der Waals surface area contributed by atoms with E-state index in [2.05, 4.69) is 15.3 Å². The van der Waals surface area contributed by atoms with Crippen LogP contribution in [0.1, 0.15) is 25.1 Å². The van der Waals surface area contributed by atoms with Gasteiger partial charge >= 0.3 is 0 Å². The highest BCUT2D eigenvalue weighted by atomic mass is 16.6. The Labute approximate surface area is 140 Å². The quantitative estimate of drug-likeness (QED) is 0.538. The number of non-ortho nitro benzene ring substituents is 1. The van der Waals surface area contributed by atoms with Gasteiger partial charge in [0.15, 0.2) is 0 Å². The monoisotopic (exact) mass is 339 g/mol. The first-order chi connectivity index (χ1) is 11.8. The van der Waals surface area contributed by atoms with Crippen molar-refractivity contribution >= 4 is 17.2 Å². The second kappa shape index (κ2) is 4.76. The molecular formula is C16H13N5O4. The largest absolute Gasteiger partial charge is 0.341 e. The van der Waals surface area contributed by atoms with E-state index in [1.165, 1.54) is 25.3 Å². The van der Waals surface area contributed by atoms with Crippen LogP contribution < -0.4 is 10.9 Å². The molecule has 9 nitrogen and oxygen atoms in total. The summed E-state index contributed by atoms with van der Waals surface area (Å²) in [6, 6.07) is 4.38. The number of amides is 1. The Morgan fingerprint density at radius 3 is 2.88 bits per heavy atom. The average Bonchev–Trinajstić information content (AvgIpc) is 3.10. The number of nitro groups is 1. The van der Waals surface area contributed by atoms with Gasteiger partial charge in [-0.05, 0) is 18.6 Å². The van der Waals surface area contributed by atoms with Crippen molar-refractivity contribution in [3.8, 4) is 11.3 Å². The summed E-state index contributed by atoms with van der Waals surface area (Å²) < 4.78 is 1.61. The van der Waals surface area contributed by atoms with E-state index < -0.39 is 10.5 Å². The summed E-state index contributed by atoms with van der Waals surface area (Å²) in [6.07, 6.45) is 3.12. The Kier molecular flexibility index (Phi) is 2.87. The number of hydrogen-bond donors (Lipinski definition) is 2. The third kappa shape index (κ3) is 1.92. The summed E-state index contributed by atoms with van der Waals surface area (Å²) in [5.74, 6) is -0.299. The minimum absolute atomic E-state index is 0.0904. The number of aromatic amines is 1. The molecule has 0 spiro atoms. The first-order valence-electron chi connectivity index (χ1n) is 7.51. The molecule has 2 N–H and O–H groups in total. The van der Waals surface area contributed by atoms with Crippen molar-refractivity contribution in [1.29, 1.82) is 0 Å². The lowest BCUT2D eigenvalue weighted by molar-refractivity contribution is -0.384. The molecule has 2 heterocycles. The number of nitrogens with zero attached hydrogens (tertiary/aromatic N) is 3. The van der Waals surface area contributed by atoms with Gasteiger partial charge in [0.1, 0.15) is 5.54 Å². The molecule has 3 aromatic rings. The lowest BCUT2D eigenvalue weighted by Crippen LogP contribution is -2.43. The fourth-order valence-electron chi connectivity index (χ4n) is 3.57. The zero-order chi connectivity index (χ0) is 17.9. The molecule has 1 aromatic carbocycles. The van der Waals surface area contributed by atoms with Gasteiger partial charge < -0.3 is 10.3 Å². The number of nitrogens with one attached hydrogen (secondary N) is 2. The van der Waals surface area contributed by atoms with Crippen LogP contribution in [0.15, 0.2) is 35.4 Å². The van der Waals surface area contributed by atoms with Gasteiger partial charge in [-0.1, -0.05) is 0 Å². The fourth-order valence-corrected chi connectivity index (χ4v) is 3.57. The number of aromatic nitrogens is 3. The lowest BCUT2D eigenvalue weighted by Gasteiger charge is -2.28. The molecule has 0 fully saturated rings. The summed E-state index contributed by atoms with van der Waals surface area (Å²) in [5, 5.41) is 14.0. The van der Waals surface area contributed by atoms with E-state index in [0.29, 0.717) is 22.5 Å². The topological polar surface area (TPSA) is 122 Å². The lowest BCUT2D eigenvalue weighted by atomic mass is 9.92. The zero-order valence-corrected chi connectivity index (χ0v) is 13.4. The molecule has 25 heavy (non-hydrogen) atoms. The number of benzene rings is 1. The number of H-pyrrole nitrogens is 1. The molecule has 1 aliphatic carbocycles. The number of fused-ring (bicyclic) bond motifs is 5. The van der Waals surface area contributed by atoms with E-state index in [4.69, 9.17) is 0 Å². The van der Waals surface area contributed by atoms with Crippen molar-refractivity contribution in [1.82, 2.24) is 19.7 Å². The molecule has 0 saturated heterocycles. The number of carbonyl (C=O) groups is 1. The maximum atomic E-state index is 12.3. The second-order valence-electron chi connectivity index (χ2n) is 6.09. The van der Waals surface area contributed by atoms with E-state index in [-0.39, 0.29) is 22.8 Å². The van der Waals surface area contributed by atoms with Crippen LogP contribution >= 0.6 is 0 Å². The molecular weight excluding hydrogens is 326 g/mol. The van der Waals surface area contributed by atoms with Crippen LogP contribution in [0.4, 0.5) is 5.69 Å². The second-order valence-corrected chi connectivity index (χ2v) is 6.09. The normalized spacial score (nSPS) is 18.0. The third-order valence-electron chi connectivity index (χ3n) is 4.48. The average molecular weight is 339 g/mol. The minimum atomic E-state index is -1.05. The van der Waals surface area contributed by atoms with Crippen LogP contribution in [0.2, 0.25) is 0 Å². The van der Waals surface area contributed by atoms with Gasteiger partial charge in [-0.15, -0.1) is 0 Å². The van der Waals surface area contributed by atoms with Crippen molar-refractivity contribution in [3.05, 3.63) is 62.3 Å². The predicted molar refractivity (Wildman–Crippen MR) is 88.2 cm³/mol. The molecule has 1 amide bonds. The highest BCUT2D eigenvalue weighted by Gasteiger charge is 2.44. The van der Waals surface area contributed by atoms with Gasteiger partial charge in [0.2, 0.25) is 11.6 Å². The maximum Gasteiger partial charge on any atom is 0.292 e. The highest BCUT2D eigenvalue weighted by molar-refractivity contribution is 5.83. The molecule has 1 atom stereocenters. The Morgan fingerprint density at radius 2 is 2.20 bits per heavy atom. The number of rotatable bonds is 2. The molecule has 0 bridgehead atoms. The summed E-state index contributed by atoms with van der Waals surface area (Å²) >= 11 is 0. The molecule has 9 heteroatoms. The Balaban J connectivity index is 2.14. The van der Waals surface area contributed by atoms with E-state index in [0.717, 1.165) is 0 Å². The number of imidazole rings is 1. The summed E-state index contributed by atoms with van der Waals surface area (Å²) in [7, 11) is 0. The minimum Gasteiger partial charge on any atom is -0.341 e. The molecule has 0 aliphatic heterocycles. The molecule has 2 aromatic heterocycles. The molecule has 0 radical (unpaired) electrons. The van der Waals surface area contributed by atoms with Crippen LogP contribution in [-0.4, -0.2) is 25.2 Å². The van der Waals surface area contributed by atoms with Crippen LogP contribution in [0, 0.1) is 10.1 Å². The van der Waals surface area contributed by atoms with Crippen LogP contribution in [0.25, 0.3) is 16.9 Å². The predicted octanol–water partition coefficient (Wildman–Crippen LogP) is 1.31. The van der Waals surface area contributed by atoms with Crippen LogP contribution in [0.3, 0.4) is 0 Å². The maximum absolute atomic E-state index is 12.3. The Hall–Kier alpha value is -3.49. The van der Waals surface area contributed by atoms with Gasteiger partial charge in [-0.25, -0.2) is 4.98 Å². The fraction of sp³-hybridized carbons (Fsp3) is 0.188. The standard InChI is InChI=1S/C16H13N5O4/c1-8(22)19-16(2)11-7-9(21(24)25)3-4-10(11)12-13(16)20-6-5-17-14(20)15(23)18-12/h3-7H,1-2H3,(H,18,23)(H,19,22). The third-order valence-corrected chi connectivity index (χ3v) is 4.48. The number of carbonyl (C=O) groups excluding carboxylic acids is 1. The van der Waals surface area contributed by atoms with Crippen molar-refractivity contribution in [2.75, 3.05) is 0 Å². The zero-order valence-electron chi connectivity index (χ0n) is 13.4. The highest BCUT2D eigenvalue weighted by Crippen LogP contribution is 2.46. The van der Waals surface area contributed by atoms with Gasteiger partial charge in [-0.3, -0.25) is 24.1 Å². The van der Waals surface area contributed by atoms with Gasteiger partial charge in [0, 0.05) is 37.0 Å². The molecule has 126 valence electrons. The molecule has 0 saturated carbocycles. The molecule has 4 rings (SSSR count). The van der Waals surface area contributed by atoms with E-state index >= 15 is 0 Å². The first-order valence-corrected chi connectivity index (χ1v) is 7.51. The van der Waals surface area contributed by atoms with E-state index in [1.807, 2.05) is 0 Å². The van der Waals surface area contributed by atoms with Crippen molar-refractivity contribution in [2.24, 2.45) is 0 Å². The summed E-state index contributed by atoms with van der Waals surface area (Å²) in [4.78, 5) is 41.6. The van der Waals surface area contributed by atoms with Gasteiger partial charge in [-0.2, -0.15) is 0 Å². The van der Waals surface area contributed by atoms with Crippen LogP contribution in [0.5, 0.6) is 0 Å². The van der Waals surface area contributed by atoms with E-state index in [1.54, 1.807) is 23.6 Å². The van der Waals surface area contributed by atoms with Crippen LogP contribution in [-0.2, 0) is 10.3 Å². The molecule has 1 aliphatic rings. The van der Waals surface area contributed by atoms with Gasteiger partial charge in [0.25, 0.3) is 11.2 Å². The van der Waals surface area contributed by atoms with Crippen molar-refractivity contribution in [3.63, 3.8) is 0 Å². The van der Waals surface area contributed by atoms with Gasteiger partial charge in [0.05, 0.1) is 16.3 Å². The molecule has 1 unspecified atom stereocenters. The first kappa shape index (κ1) is 15.1. The van der Waals surface area contributed by atoms with Crippen molar-refractivity contribution in [2.45, 2.75) is 19.4 Å². The van der Waals surface area contributed by atoms with E-state index in [9.17, 15) is 19.7 Å². The summed E-state index contributed by atoms with van der Waals surface area (Å²) in [6.45, 7) is 3.12. The number of hydrogen-bond acceptors (Lipinski definition) is 5. The smallest absolute Gasteiger partial charge is 0.292 e. The SMILES string of the molecule is CC(=O)NC1(C)c2cc([N+](=O)[O-])ccc2-c2[nH]c(=O)c3nccn3c21. The Bertz CT molecular complexity index is 1130.